The number of halogens is 3. The van der Waals surface area contributed by atoms with Gasteiger partial charge in [-0.2, -0.15) is 13.2 Å². The van der Waals surface area contributed by atoms with Crippen molar-refractivity contribution in [3.05, 3.63) is 65.2 Å². The van der Waals surface area contributed by atoms with Gasteiger partial charge >= 0.3 is 12.1 Å². The fourth-order valence-corrected chi connectivity index (χ4v) is 6.90. The van der Waals surface area contributed by atoms with Gasteiger partial charge in [0, 0.05) is 17.6 Å². The Morgan fingerprint density at radius 3 is 2.47 bits per heavy atom. The Bertz CT molecular complexity index is 1280. The van der Waals surface area contributed by atoms with Gasteiger partial charge in [0.1, 0.15) is 18.4 Å². The van der Waals surface area contributed by atoms with E-state index in [0.717, 1.165) is 62.9 Å². The van der Waals surface area contributed by atoms with Crippen LogP contribution in [0.15, 0.2) is 48.5 Å². The zero-order valence-electron chi connectivity index (χ0n) is 25.2. The molecule has 1 aliphatic carbocycles. The molecule has 1 amide bonds. The van der Waals surface area contributed by atoms with Crippen LogP contribution in [0.2, 0.25) is 0 Å². The van der Waals surface area contributed by atoms with Gasteiger partial charge in [-0.1, -0.05) is 44.2 Å². The number of nitrogens with zero attached hydrogens (tertiary/aromatic N) is 2. The van der Waals surface area contributed by atoms with Gasteiger partial charge < -0.3 is 24.6 Å². The molecular weight excluding hydrogens is 559 g/mol. The average molecular weight is 602 g/mol. The fourth-order valence-electron chi connectivity index (χ4n) is 6.90. The largest absolute Gasteiger partial charge is 0.473 e. The number of hydrogen-bond acceptors (Lipinski definition) is 6. The van der Waals surface area contributed by atoms with Crippen LogP contribution in [0.3, 0.4) is 0 Å². The highest BCUT2D eigenvalue weighted by Gasteiger charge is 2.51. The van der Waals surface area contributed by atoms with E-state index >= 15 is 0 Å². The van der Waals surface area contributed by atoms with Gasteiger partial charge in [0.25, 0.3) is 0 Å². The molecule has 2 fully saturated rings. The van der Waals surface area contributed by atoms with Crippen molar-refractivity contribution in [3.63, 3.8) is 0 Å². The number of piperidine rings is 1. The van der Waals surface area contributed by atoms with E-state index in [2.05, 4.69) is 24.1 Å². The summed E-state index contributed by atoms with van der Waals surface area (Å²) >= 11 is 0. The summed E-state index contributed by atoms with van der Waals surface area (Å²) in [5.74, 6) is 0.179. The molecule has 234 valence electrons. The number of esters is 1. The van der Waals surface area contributed by atoms with Crippen molar-refractivity contribution < 1.29 is 32.2 Å². The topological polar surface area (TPSA) is 71.1 Å². The molecule has 0 spiro atoms. The zero-order chi connectivity index (χ0) is 30.8. The van der Waals surface area contributed by atoms with Crippen molar-refractivity contribution in [2.75, 3.05) is 19.8 Å². The number of ether oxygens (including phenoxy) is 2. The zero-order valence-corrected chi connectivity index (χ0v) is 25.2. The monoisotopic (exact) mass is 601 g/mol. The van der Waals surface area contributed by atoms with Crippen LogP contribution >= 0.6 is 0 Å². The van der Waals surface area contributed by atoms with Crippen LogP contribution in [0.4, 0.5) is 13.2 Å². The second kappa shape index (κ2) is 12.9. The van der Waals surface area contributed by atoms with Gasteiger partial charge in [0.2, 0.25) is 5.91 Å². The van der Waals surface area contributed by atoms with E-state index in [1.165, 1.54) is 6.07 Å². The summed E-state index contributed by atoms with van der Waals surface area (Å²) in [4.78, 5) is 30.6. The van der Waals surface area contributed by atoms with Crippen LogP contribution in [0.1, 0.15) is 69.6 Å². The standard InChI is InChI=1S/C33H42F3N3O4/c1-22(2)32(31(41)39-19-25-17-26(33(34,35)36)9-10-29(25)43-21-39)14-11-28(18-32)38-15-12-27(13-16-38)37-23(3)30(40)42-20-24-7-5-4-6-8-24/h4-10,17,22-23,27-28,37H,11-16,18-21H2,1-3H3/t23-,28+,32-/m0/s1. The number of alkyl halides is 3. The van der Waals surface area contributed by atoms with Crippen LogP contribution in [0.25, 0.3) is 0 Å². The van der Waals surface area contributed by atoms with Crippen molar-refractivity contribution in [1.29, 1.82) is 0 Å². The van der Waals surface area contributed by atoms with Crippen molar-refractivity contribution >= 4 is 11.9 Å². The molecule has 10 heteroatoms. The minimum absolute atomic E-state index is 0.0348. The molecule has 0 aromatic heterocycles. The number of nitrogens with one attached hydrogen (secondary N) is 1. The number of rotatable bonds is 8. The number of carbonyl (C=O) groups is 2. The first-order valence-corrected chi connectivity index (χ1v) is 15.3. The lowest BCUT2D eigenvalue weighted by atomic mass is 9.74. The third-order valence-electron chi connectivity index (χ3n) is 9.58. The number of carbonyl (C=O) groups excluding carboxylic acids is 2. The van der Waals surface area contributed by atoms with E-state index in [9.17, 15) is 22.8 Å². The third kappa shape index (κ3) is 7.01. The molecule has 0 unspecified atom stereocenters. The molecule has 0 bridgehead atoms. The maximum atomic E-state index is 14.0. The van der Waals surface area contributed by atoms with E-state index < -0.39 is 23.2 Å². The van der Waals surface area contributed by atoms with Gasteiger partial charge in [-0.15, -0.1) is 0 Å². The molecular formula is C33H42F3N3O4. The molecule has 2 heterocycles. The Hall–Kier alpha value is -3.11. The number of fused-ring (bicyclic) bond motifs is 1. The Kier molecular flexibility index (Phi) is 9.37. The van der Waals surface area contributed by atoms with Crippen LogP contribution in [-0.2, 0) is 33.7 Å². The molecule has 2 aromatic rings. The molecule has 2 aromatic carbocycles. The first-order chi connectivity index (χ1) is 20.5. The van der Waals surface area contributed by atoms with Gasteiger partial charge in [-0.05, 0) is 81.8 Å². The maximum absolute atomic E-state index is 14.0. The molecule has 1 saturated heterocycles. The summed E-state index contributed by atoms with van der Waals surface area (Å²) in [6.07, 6.45) is -0.306. The Labute approximate surface area is 251 Å². The average Bonchev–Trinajstić information content (AvgIpc) is 3.46. The molecule has 1 saturated carbocycles. The molecule has 5 rings (SSSR count). The van der Waals surface area contributed by atoms with Gasteiger partial charge in [-0.25, -0.2) is 0 Å². The maximum Gasteiger partial charge on any atom is 0.416 e. The Morgan fingerprint density at radius 1 is 1.07 bits per heavy atom. The minimum atomic E-state index is -4.45. The van der Waals surface area contributed by atoms with Crippen LogP contribution in [0.5, 0.6) is 5.75 Å². The fraction of sp³-hybridized carbons (Fsp3) is 0.576. The lowest BCUT2D eigenvalue weighted by Crippen LogP contribution is -2.51. The summed E-state index contributed by atoms with van der Waals surface area (Å²) in [6.45, 7) is 8.12. The quantitative estimate of drug-likeness (QED) is 0.388. The highest BCUT2D eigenvalue weighted by molar-refractivity contribution is 5.83. The predicted molar refractivity (Wildman–Crippen MR) is 156 cm³/mol. The normalized spacial score (nSPS) is 24.0. The van der Waals surface area contributed by atoms with Crippen molar-refractivity contribution in [2.24, 2.45) is 11.3 Å². The van der Waals surface area contributed by atoms with Crippen molar-refractivity contribution in [3.8, 4) is 5.75 Å². The second-order valence-corrected chi connectivity index (χ2v) is 12.6. The molecule has 0 radical (unpaired) electrons. The van der Waals surface area contributed by atoms with Crippen LogP contribution in [-0.4, -0.2) is 59.6 Å². The Balaban J connectivity index is 1.14. The molecule has 3 aliphatic rings. The first-order valence-electron chi connectivity index (χ1n) is 15.3. The van der Waals surface area contributed by atoms with Crippen LogP contribution in [0, 0.1) is 11.3 Å². The molecule has 1 N–H and O–H groups in total. The SMILES string of the molecule is CC(C)[C@]1(C(=O)N2COc3ccc(C(F)(F)F)cc3C2)CC[C@@H](N2CCC(N[C@@H](C)C(=O)OCc3ccccc3)CC2)C1. The van der Waals surface area contributed by atoms with E-state index in [-0.39, 0.29) is 49.8 Å². The molecule has 43 heavy (non-hydrogen) atoms. The number of likely N-dealkylation sites (tertiary alicyclic amines) is 1. The number of hydrogen-bond donors (Lipinski definition) is 1. The number of benzene rings is 2. The highest BCUT2D eigenvalue weighted by Crippen LogP contribution is 2.48. The van der Waals surface area contributed by atoms with E-state index in [0.29, 0.717) is 11.3 Å². The van der Waals surface area contributed by atoms with E-state index in [1.807, 2.05) is 37.3 Å². The molecule has 7 nitrogen and oxygen atoms in total. The predicted octanol–water partition coefficient (Wildman–Crippen LogP) is 5.76. The van der Waals surface area contributed by atoms with E-state index in [4.69, 9.17) is 9.47 Å². The van der Waals surface area contributed by atoms with Gasteiger partial charge in [0.05, 0.1) is 17.5 Å². The summed E-state index contributed by atoms with van der Waals surface area (Å²) in [5, 5.41) is 3.44. The summed E-state index contributed by atoms with van der Waals surface area (Å²) in [6, 6.07) is 13.1. The lowest BCUT2D eigenvalue weighted by Gasteiger charge is -2.41. The third-order valence-corrected chi connectivity index (χ3v) is 9.58. The van der Waals surface area contributed by atoms with E-state index in [1.54, 1.807) is 4.90 Å². The second-order valence-electron chi connectivity index (χ2n) is 12.6. The smallest absolute Gasteiger partial charge is 0.416 e. The highest BCUT2D eigenvalue weighted by atomic mass is 19.4. The summed E-state index contributed by atoms with van der Waals surface area (Å²) in [5.41, 5.74) is 0.0204. The molecule has 2 aliphatic heterocycles. The first kappa shape index (κ1) is 31.3. The van der Waals surface area contributed by atoms with Gasteiger partial charge in [0.15, 0.2) is 6.73 Å². The lowest BCUT2D eigenvalue weighted by molar-refractivity contribution is -0.150. The van der Waals surface area contributed by atoms with Crippen molar-refractivity contribution in [1.82, 2.24) is 15.1 Å². The van der Waals surface area contributed by atoms with Crippen LogP contribution < -0.4 is 10.1 Å². The Morgan fingerprint density at radius 2 is 1.79 bits per heavy atom. The van der Waals surface area contributed by atoms with Gasteiger partial charge in [-0.3, -0.25) is 9.59 Å². The minimum Gasteiger partial charge on any atom is -0.473 e. The molecule has 3 atom stereocenters. The summed E-state index contributed by atoms with van der Waals surface area (Å²) in [7, 11) is 0. The van der Waals surface area contributed by atoms with Crippen molar-refractivity contribution in [2.45, 2.75) is 90.3 Å². The summed E-state index contributed by atoms with van der Waals surface area (Å²) < 4.78 is 51.1. The number of amides is 1.